The summed E-state index contributed by atoms with van der Waals surface area (Å²) in [5.74, 6) is 1.66. The highest BCUT2D eigenvalue weighted by atomic mass is 16.3. The maximum atomic E-state index is 12.4. The van der Waals surface area contributed by atoms with E-state index in [1.807, 2.05) is 30.3 Å². The molecule has 2 aromatic rings. The van der Waals surface area contributed by atoms with E-state index < -0.39 is 0 Å². The molecule has 5 nitrogen and oxygen atoms in total. The van der Waals surface area contributed by atoms with Gasteiger partial charge in [-0.15, -0.1) is 0 Å². The third-order valence-corrected chi connectivity index (χ3v) is 4.83. The number of anilines is 1. The van der Waals surface area contributed by atoms with Crippen LogP contribution < -0.4 is 11.1 Å². The van der Waals surface area contributed by atoms with Gasteiger partial charge in [0.2, 0.25) is 0 Å². The van der Waals surface area contributed by atoms with E-state index in [2.05, 4.69) is 10.2 Å². The van der Waals surface area contributed by atoms with Crippen LogP contribution in [0.15, 0.2) is 40.8 Å². The first kappa shape index (κ1) is 14.3. The van der Waals surface area contributed by atoms with Gasteiger partial charge in [-0.05, 0) is 61.7 Å². The minimum atomic E-state index is -0.126. The van der Waals surface area contributed by atoms with Gasteiger partial charge in [-0.2, -0.15) is 0 Å². The number of amides is 1. The van der Waals surface area contributed by atoms with Crippen molar-refractivity contribution in [2.24, 2.45) is 5.92 Å². The fourth-order valence-electron chi connectivity index (χ4n) is 3.68. The van der Waals surface area contributed by atoms with Gasteiger partial charge >= 0.3 is 0 Å². The number of nitrogens with two attached hydrogens (primary N) is 1. The molecule has 23 heavy (non-hydrogen) atoms. The van der Waals surface area contributed by atoms with Crippen LogP contribution >= 0.6 is 0 Å². The van der Waals surface area contributed by atoms with Crippen LogP contribution in [-0.2, 0) is 0 Å². The van der Waals surface area contributed by atoms with Crippen molar-refractivity contribution in [3.63, 3.8) is 0 Å². The van der Waals surface area contributed by atoms with Crippen molar-refractivity contribution >= 4 is 11.6 Å². The molecule has 0 radical (unpaired) electrons. The first-order chi connectivity index (χ1) is 11.2. The van der Waals surface area contributed by atoms with Crippen molar-refractivity contribution in [3.8, 4) is 11.3 Å². The third-order valence-electron chi connectivity index (χ3n) is 4.83. The Hall–Kier alpha value is -2.27. The summed E-state index contributed by atoms with van der Waals surface area (Å²) in [4.78, 5) is 14.8. The smallest absolute Gasteiger partial charge is 0.287 e. The zero-order chi connectivity index (χ0) is 15.8. The fourth-order valence-corrected chi connectivity index (χ4v) is 3.68. The molecule has 2 aliphatic heterocycles. The van der Waals surface area contributed by atoms with Gasteiger partial charge in [-0.25, -0.2) is 0 Å². The van der Waals surface area contributed by atoms with Crippen LogP contribution in [0.5, 0.6) is 0 Å². The number of piperidine rings is 1. The van der Waals surface area contributed by atoms with Crippen molar-refractivity contribution < 1.29 is 9.21 Å². The molecule has 2 bridgehead atoms. The lowest BCUT2D eigenvalue weighted by Crippen LogP contribution is -2.46. The Bertz CT molecular complexity index is 695. The standard InChI is InChI=1S/C18H21N3O2/c19-14-3-1-13(2-4-14)16-5-6-17(23-16)18(22)20-15-9-12-7-8-21(10-12)11-15/h1-6,12,15H,7-11,19H2,(H,20,22). The first-order valence-corrected chi connectivity index (χ1v) is 8.16. The van der Waals surface area contributed by atoms with Crippen molar-refractivity contribution in [2.45, 2.75) is 18.9 Å². The highest BCUT2D eigenvalue weighted by Crippen LogP contribution is 2.27. The number of hydrogen-bond donors (Lipinski definition) is 2. The number of rotatable bonds is 3. The van der Waals surface area contributed by atoms with Gasteiger partial charge in [-0.3, -0.25) is 4.79 Å². The van der Waals surface area contributed by atoms with E-state index in [1.54, 1.807) is 6.07 Å². The number of hydrogen-bond acceptors (Lipinski definition) is 4. The lowest BCUT2D eigenvalue weighted by atomic mass is 9.97. The zero-order valence-electron chi connectivity index (χ0n) is 13.0. The molecular weight excluding hydrogens is 290 g/mol. The Balaban J connectivity index is 1.44. The van der Waals surface area contributed by atoms with Gasteiger partial charge in [0.15, 0.2) is 5.76 Å². The predicted molar refractivity (Wildman–Crippen MR) is 89.0 cm³/mol. The Morgan fingerprint density at radius 3 is 2.78 bits per heavy atom. The lowest BCUT2D eigenvalue weighted by molar-refractivity contribution is 0.0882. The Morgan fingerprint density at radius 2 is 2.00 bits per heavy atom. The molecule has 0 saturated carbocycles. The molecule has 3 N–H and O–H groups in total. The SMILES string of the molecule is Nc1ccc(-c2ccc(C(=O)NC3CC4CCN(C4)C3)o2)cc1. The Morgan fingerprint density at radius 1 is 1.17 bits per heavy atom. The van der Waals surface area contributed by atoms with E-state index >= 15 is 0 Å². The van der Waals surface area contributed by atoms with E-state index in [4.69, 9.17) is 10.2 Å². The van der Waals surface area contributed by atoms with Crippen LogP contribution in [0.3, 0.4) is 0 Å². The highest BCUT2D eigenvalue weighted by molar-refractivity contribution is 5.92. The molecule has 2 saturated heterocycles. The molecule has 1 amide bonds. The highest BCUT2D eigenvalue weighted by Gasteiger charge is 2.33. The van der Waals surface area contributed by atoms with E-state index in [-0.39, 0.29) is 11.9 Å². The van der Waals surface area contributed by atoms with Crippen LogP contribution in [0, 0.1) is 5.92 Å². The summed E-state index contributed by atoms with van der Waals surface area (Å²) < 4.78 is 5.72. The molecule has 4 rings (SSSR count). The van der Waals surface area contributed by atoms with Gasteiger partial charge < -0.3 is 20.4 Å². The number of furan rings is 1. The van der Waals surface area contributed by atoms with Crippen molar-refractivity contribution in [1.29, 1.82) is 0 Å². The normalized spacial score (nSPS) is 26.2. The number of nitrogens with zero attached hydrogens (tertiary/aromatic N) is 1. The molecule has 3 heterocycles. The minimum absolute atomic E-state index is 0.126. The van der Waals surface area contributed by atoms with Crippen molar-refractivity contribution in [3.05, 3.63) is 42.2 Å². The Labute approximate surface area is 135 Å². The number of nitrogen functional groups attached to an aromatic ring is 1. The van der Waals surface area contributed by atoms with Crippen LogP contribution in [-0.4, -0.2) is 36.5 Å². The maximum absolute atomic E-state index is 12.4. The van der Waals surface area contributed by atoms with Crippen LogP contribution in [0.4, 0.5) is 5.69 Å². The predicted octanol–water partition coefficient (Wildman–Crippen LogP) is 2.35. The van der Waals surface area contributed by atoms with Gasteiger partial charge in [0.05, 0.1) is 0 Å². The molecule has 0 aliphatic carbocycles. The van der Waals surface area contributed by atoms with Gasteiger partial charge in [0.25, 0.3) is 5.91 Å². The quantitative estimate of drug-likeness (QED) is 0.854. The van der Waals surface area contributed by atoms with Gasteiger partial charge in [0.1, 0.15) is 5.76 Å². The average Bonchev–Trinajstić information content (AvgIpc) is 3.15. The number of benzene rings is 1. The van der Waals surface area contributed by atoms with Crippen molar-refractivity contribution in [1.82, 2.24) is 10.2 Å². The van der Waals surface area contributed by atoms with Crippen LogP contribution in [0.2, 0.25) is 0 Å². The monoisotopic (exact) mass is 311 g/mol. The van der Waals surface area contributed by atoms with Crippen LogP contribution in [0.1, 0.15) is 23.4 Å². The molecular formula is C18H21N3O2. The molecule has 2 fully saturated rings. The first-order valence-electron chi connectivity index (χ1n) is 8.16. The average molecular weight is 311 g/mol. The summed E-state index contributed by atoms with van der Waals surface area (Å²) in [5, 5.41) is 3.12. The Kier molecular flexibility index (Phi) is 3.58. The van der Waals surface area contributed by atoms with Crippen LogP contribution in [0.25, 0.3) is 11.3 Å². The van der Waals surface area contributed by atoms with Gasteiger partial charge in [-0.1, -0.05) is 0 Å². The minimum Gasteiger partial charge on any atom is -0.451 e. The second kappa shape index (κ2) is 5.74. The summed E-state index contributed by atoms with van der Waals surface area (Å²) in [6, 6.07) is 11.2. The van der Waals surface area contributed by atoms with E-state index in [0.717, 1.165) is 24.4 Å². The molecule has 3 unspecified atom stereocenters. The number of fused-ring (bicyclic) bond motifs is 2. The summed E-state index contributed by atoms with van der Waals surface area (Å²) in [6.45, 7) is 3.31. The topological polar surface area (TPSA) is 71.5 Å². The molecule has 3 atom stereocenters. The lowest BCUT2D eigenvalue weighted by Gasteiger charge is -2.30. The molecule has 120 valence electrons. The fraction of sp³-hybridized carbons (Fsp3) is 0.389. The third kappa shape index (κ3) is 2.97. The summed E-state index contributed by atoms with van der Waals surface area (Å²) >= 11 is 0. The molecule has 0 spiro atoms. The molecule has 1 aromatic heterocycles. The second-order valence-electron chi connectivity index (χ2n) is 6.61. The largest absolute Gasteiger partial charge is 0.451 e. The van der Waals surface area contributed by atoms with E-state index in [0.29, 0.717) is 17.2 Å². The summed E-state index contributed by atoms with van der Waals surface area (Å²) in [6.07, 6.45) is 2.34. The van der Waals surface area contributed by atoms with Gasteiger partial charge in [0, 0.05) is 30.4 Å². The molecule has 5 heteroatoms. The van der Waals surface area contributed by atoms with E-state index in [1.165, 1.54) is 19.5 Å². The molecule has 1 aromatic carbocycles. The summed E-state index contributed by atoms with van der Waals surface area (Å²) in [7, 11) is 0. The summed E-state index contributed by atoms with van der Waals surface area (Å²) in [5.41, 5.74) is 7.32. The van der Waals surface area contributed by atoms with E-state index in [9.17, 15) is 4.79 Å². The molecule has 2 aliphatic rings. The zero-order valence-corrected chi connectivity index (χ0v) is 13.0. The second-order valence-corrected chi connectivity index (χ2v) is 6.61. The van der Waals surface area contributed by atoms with Crippen molar-refractivity contribution in [2.75, 3.05) is 25.4 Å². The maximum Gasteiger partial charge on any atom is 0.287 e. The number of carbonyl (C=O) groups is 1. The number of carbonyl (C=O) groups excluding carboxylic acids is 1. The number of nitrogens with one attached hydrogen (secondary N) is 1.